The molecule has 1 aromatic carbocycles. The molecule has 0 atom stereocenters. The Morgan fingerprint density at radius 3 is 2.60 bits per heavy atom. The van der Waals surface area contributed by atoms with E-state index in [0.717, 1.165) is 28.9 Å². The predicted octanol–water partition coefficient (Wildman–Crippen LogP) is 4.04. The van der Waals surface area contributed by atoms with Crippen LogP contribution in [-0.4, -0.2) is 9.78 Å². The van der Waals surface area contributed by atoms with Crippen LogP contribution in [0.3, 0.4) is 0 Å². The van der Waals surface area contributed by atoms with Gasteiger partial charge in [0, 0.05) is 5.56 Å². The Morgan fingerprint density at radius 2 is 2.00 bits per heavy atom. The molecule has 4 nitrogen and oxygen atoms in total. The van der Waals surface area contributed by atoms with Crippen molar-refractivity contribution in [1.82, 2.24) is 9.78 Å². The fraction of sp³-hybridized carbons (Fsp3) is 0.133. The first-order chi connectivity index (χ1) is 9.72. The summed E-state index contributed by atoms with van der Waals surface area (Å²) in [5.41, 5.74) is 10.0. The molecule has 0 saturated carbocycles. The van der Waals surface area contributed by atoms with Gasteiger partial charge >= 0.3 is 0 Å². The second kappa shape index (κ2) is 5.17. The zero-order chi connectivity index (χ0) is 14.1. The van der Waals surface area contributed by atoms with E-state index in [4.69, 9.17) is 10.2 Å². The molecule has 0 bridgehead atoms. The van der Waals surface area contributed by atoms with Crippen molar-refractivity contribution in [3.63, 3.8) is 0 Å². The molecule has 0 aliphatic heterocycles. The summed E-state index contributed by atoms with van der Waals surface area (Å²) in [6, 6.07) is 11.8. The maximum Gasteiger partial charge on any atom is 0.178 e. The fourth-order valence-electron chi connectivity index (χ4n) is 2.26. The lowest BCUT2D eigenvalue weighted by atomic mass is 10.1. The Balaban J connectivity index is 2.21. The van der Waals surface area contributed by atoms with Crippen LogP contribution < -0.4 is 5.73 Å². The molecule has 0 radical (unpaired) electrons. The van der Waals surface area contributed by atoms with Crippen LogP contribution >= 0.6 is 15.9 Å². The number of hydrogen-bond donors (Lipinski definition) is 1. The van der Waals surface area contributed by atoms with Crippen molar-refractivity contribution in [3.8, 4) is 16.9 Å². The van der Waals surface area contributed by atoms with E-state index >= 15 is 0 Å². The largest absolute Gasteiger partial charge is 0.457 e. The molecule has 0 amide bonds. The van der Waals surface area contributed by atoms with Crippen LogP contribution in [0.25, 0.3) is 16.9 Å². The Morgan fingerprint density at radius 1 is 1.25 bits per heavy atom. The normalized spacial score (nSPS) is 10.9. The highest BCUT2D eigenvalue weighted by atomic mass is 79.9. The maximum atomic E-state index is 6.26. The molecular weight excluding hydrogens is 318 g/mol. The summed E-state index contributed by atoms with van der Waals surface area (Å²) in [5, 5.41) is 4.66. The number of furan rings is 1. The van der Waals surface area contributed by atoms with Crippen molar-refractivity contribution in [1.29, 1.82) is 0 Å². The summed E-state index contributed by atoms with van der Waals surface area (Å²) in [4.78, 5) is 0. The summed E-state index contributed by atoms with van der Waals surface area (Å²) in [5.74, 6) is 0.668. The highest BCUT2D eigenvalue weighted by Crippen LogP contribution is 2.34. The minimum absolute atomic E-state index is 0.668. The zero-order valence-electron chi connectivity index (χ0n) is 11.0. The highest BCUT2D eigenvalue weighted by molar-refractivity contribution is 9.10. The van der Waals surface area contributed by atoms with Crippen LogP contribution in [0.1, 0.15) is 12.5 Å². The van der Waals surface area contributed by atoms with Crippen molar-refractivity contribution in [3.05, 3.63) is 52.9 Å². The molecule has 0 aliphatic rings. The van der Waals surface area contributed by atoms with Crippen molar-refractivity contribution >= 4 is 21.7 Å². The predicted molar refractivity (Wildman–Crippen MR) is 82.8 cm³/mol. The zero-order valence-corrected chi connectivity index (χ0v) is 12.6. The number of aromatic nitrogens is 2. The van der Waals surface area contributed by atoms with Gasteiger partial charge in [-0.3, -0.25) is 0 Å². The van der Waals surface area contributed by atoms with E-state index in [2.05, 4.69) is 28.0 Å². The van der Waals surface area contributed by atoms with Gasteiger partial charge in [-0.2, -0.15) is 5.10 Å². The number of benzene rings is 1. The standard InChI is InChI=1S/C15H14BrN3O/c1-2-11-13(12-8-9-20-14(12)16)18-19(15(11)17)10-6-4-3-5-7-10/h3-9H,2,17H2,1H3. The van der Waals surface area contributed by atoms with E-state index in [9.17, 15) is 0 Å². The summed E-state index contributed by atoms with van der Waals surface area (Å²) in [6.07, 6.45) is 2.45. The van der Waals surface area contributed by atoms with E-state index in [1.807, 2.05) is 36.4 Å². The number of nitrogen functional groups attached to an aromatic ring is 1. The first-order valence-electron chi connectivity index (χ1n) is 6.38. The molecule has 0 saturated heterocycles. The van der Waals surface area contributed by atoms with Crippen molar-refractivity contribution in [2.24, 2.45) is 0 Å². The van der Waals surface area contributed by atoms with Gasteiger partial charge in [-0.25, -0.2) is 4.68 Å². The SMILES string of the molecule is CCc1c(-c2ccoc2Br)nn(-c2ccccc2)c1N. The van der Waals surface area contributed by atoms with Crippen LogP contribution in [0.2, 0.25) is 0 Å². The Hall–Kier alpha value is -2.01. The highest BCUT2D eigenvalue weighted by Gasteiger charge is 2.19. The monoisotopic (exact) mass is 331 g/mol. The van der Waals surface area contributed by atoms with Crippen LogP contribution in [-0.2, 0) is 6.42 Å². The maximum absolute atomic E-state index is 6.26. The number of halogens is 1. The molecule has 0 aliphatic carbocycles. The molecule has 2 heterocycles. The summed E-state index contributed by atoms with van der Waals surface area (Å²) in [6.45, 7) is 2.07. The van der Waals surface area contributed by atoms with Gasteiger partial charge in [0.1, 0.15) is 11.5 Å². The average Bonchev–Trinajstić information content (AvgIpc) is 3.03. The third kappa shape index (κ3) is 2.04. The van der Waals surface area contributed by atoms with Gasteiger partial charge in [-0.15, -0.1) is 0 Å². The van der Waals surface area contributed by atoms with Crippen molar-refractivity contribution in [2.75, 3.05) is 5.73 Å². The quantitative estimate of drug-likeness (QED) is 0.787. The lowest BCUT2D eigenvalue weighted by Crippen LogP contribution is -2.02. The average molecular weight is 332 g/mol. The summed E-state index contributed by atoms with van der Waals surface area (Å²) in [7, 11) is 0. The minimum atomic E-state index is 0.668. The van der Waals surface area contributed by atoms with E-state index < -0.39 is 0 Å². The molecule has 0 fully saturated rings. The molecule has 0 unspecified atom stereocenters. The lowest BCUT2D eigenvalue weighted by Gasteiger charge is -2.03. The molecule has 5 heteroatoms. The lowest BCUT2D eigenvalue weighted by molar-refractivity contribution is 0.542. The van der Waals surface area contributed by atoms with Gasteiger partial charge in [-0.05, 0) is 40.5 Å². The van der Waals surface area contributed by atoms with Crippen molar-refractivity contribution in [2.45, 2.75) is 13.3 Å². The Bertz CT molecular complexity index is 731. The van der Waals surface area contributed by atoms with E-state index in [1.54, 1.807) is 10.9 Å². The van der Waals surface area contributed by atoms with Crippen molar-refractivity contribution < 1.29 is 4.42 Å². The minimum Gasteiger partial charge on any atom is -0.457 e. The number of nitrogens with zero attached hydrogens (tertiary/aromatic N) is 2. The summed E-state index contributed by atoms with van der Waals surface area (Å²) < 4.78 is 7.74. The number of rotatable bonds is 3. The van der Waals surface area contributed by atoms with Crippen LogP contribution in [0.15, 0.2) is 51.7 Å². The molecule has 2 N–H and O–H groups in total. The molecular formula is C15H14BrN3O. The van der Waals surface area contributed by atoms with E-state index in [0.29, 0.717) is 10.5 Å². The third-order valence-corrected chi connectivity index (χ3v) is 3.86. The van der Waals surface area contributed by atoms with Gasteiger partial charge in [-0.1, -0.05) is 25.1 Å². The van der Waals surface area contributed by atoms with Gasteiger partial charge in [0.25, 0.3) is 0 Å². The number of hydrogen-bond acceptors (Lipinski definition) is 3. The van der Waals surface area contributed by atoms with Gasteiger partial charge in [0.2, 0.25) is 0 Å². The van der Waals surface area contributed by atoms with Gasteiger partial charge < -0.3 is 10.2 Å². The molecule has 3 rings (SSSR count). The second-order valence-electron chi connectivity index (χ2n) is 4.42. The smallest absolute Gasteiger partial charge is 0.178 e. The van der Waals surface area contributed by atoms with Crippen LogP contribution in [0, 0.1) is 0 Å². The molecule has 102 valence electrons. The Labute approximate surface area is 125 Å². The number of nitrogens with two attached hydrogens (primary N) is 1. The first kappa shape index (κ1) is 13.0. The van der Waals surface area contributed by atoms with Gasteiger partial charge in [0.05, 0.1) is 17.5 Å². The first-order valence-corrected chi connectivity index (χ1v) is 7.17. The van der Waals surface area contributed by atoms with Gasteiger partial charge in [0.15, 0.2) is 4.67 Å². The fourth-order valence-corrected chi connectivity index (χ4v) is 2.69. The molecule has 20 heavy (non-hydrogen) atoms. The second-order valence-corrected chi connectivity index (χ2v) is 5.14. The molecule has 2 aromatic heterocycles. The topological polar surface area (TPSA) is 57.0 Å². The van der Waals surface area contributed by atoms with E-state index in [-0.39, 0.29) is 0 Å². The molecule has 0 spiro atoms. The number of anilines is 1. The molecule has 3 aromatic rings. The third-order valence-electron chi connectivity index (χ3n) is 3.25. The summed E-state index contributed by atoms with van der Waals surface area (Å²) >= 11 is 3.40. The van der Waals surface area contributed by atoms with Crippen LogP contribution in [0.4, 0.5) is 5.82 Å². The van der Waals surface area contributed by atoms with E-state index in [1.165, 1.54) is 0 Å². The number of para-hydroxylation sites is 1. The Kier molecular flexibility index (Phi) is 3.36. The van der Waals surface area contributed by atoms with Crippen LogP contribution in [0.5, 0.6) is 0 Å².